The lowest BCUT2D eigenvalue weighted by molar-refractivity contribution is 0.824. The van der Waals surface area contributed by atoms with E-state index in [9.17, 15) is 0 Å². The van der Waals surface area contributed by atoms with E-state index < -0.39 is 0 Å². The molecule has 0 saturated carbocycles. The predicted octanol–water partition coefficient (Wildman–Crippen LogP) is 7.40. The number of hydrogen-bond acceptors (Lipinski definition) is 2. The van der Waals surface area contributed by atoms with E-state index in [0.717, 1.165) is 23.2 Å². The van der Waals surface area contributed by atoms with Crippen LogP contribution in [0.5, 0.6) is 0 Å². The Morgan fingerprint density at radius 3 is 2.26 bits per heavy atom. The van der Waals surface area contributed by atoms with Crippen LogP contribution in [-0.4, -0.2) is 10.4 Å². The van der Waals surface area contributed by atoms with Gasteiger partial charge < -0.3 is 15.6 Å². The number of nitrogens with two attached hydrogens (primary N) is 1. The number of aromatic nitrogens is 1. The molecule has 4 nitrogen and oxygen atoms in total. The molecular formula is C34H28N4. The van der Waals surface area contributed by atoms with Gasteiger partial charge in [-0.15, -0.1) is 0 Å². The van der Waals surface area contributed by atoms with E-state index in [1.807, 2.05) is 30.3 Å². The molecule has 4 heteroatoms. The molecule has 1 aromatic heterocycles. The first kappa shape index (κ1) is 22.4. The second-order valence-electron chi connectivity index (χ2n) is 9.92. The first-order chi connectivity index (χ1) is 18.7. The summed E-state index contributed by atoms with van der Waals surface area (Å²) in [5, 5.41) is 6.34. The topological polar surface area (TPSA) is 55.3 Å². The van der Waals surface area contributed by atoms with Crippen molar-refractivity contribution in [3.05, 3.63) is 144 Å². The molecule has 0 fully saturated rings. The summed E-state index contributed by atoms with van der Waals surface area (Å²) in [4.78, 5) is 4.61. The fraction of sp³-hybridized carbons (Fsp3) is 0.0882. The molecule has 1 atom stereocenters. The van der Waals surface area contributed by atoms with Gasteiger partial charge in [-0.3, -0.25) is 4.99 Å². The Morgan fingerprint density at radius 1 is 0.763 bits per heavy atom. The summed E-state index contributed by atoms with van der Waals surface area (Å²) in [7, 11) is 0. The van der Waals surface area contributed by atoms with Gasteiger partial charge in [0.15, 0.2) is 0 Å². The fourth-order valence-corrected chi connectivity index (χ4v) is 5.61. The van der Waals surface area contributed by atoms with E-state index in [1.54, 1.807) is 0 Å². The number of nitrogens with zero attached hydrogens (tertiary/aromatic N) is 2. The second kappa shape index (κ2) is 9.24. The molecule has 0 bridgehead atoms. The van der Waals surface area contributed by atoms with Crippen molar-refractivity contribution < 1.29 is 0 Å². The van der Waals surface area contributed by atoms with Gasteiger partial charge in [0, 0.05) is 27.7 Å². The predicted molar refractivity (Wildman–Crippen MR) is 158 cm³/mol. The molecule has 0 radical (unpaired) electrons. The summed E-state index contributed by atoms with van der Waals surface area (Å²) in [6, 6.07) is 43.0. The minimum atomic E-state index is 0.306. The van der Waals surface area contributed by atoms with Crippen molar-refractivity contribution in [2.75, 3.05) is 5.32 Å². The number of hydrogen-bond donors (Lipinski definition) is 2. The molecule has 0 aliphatic carbocycles. The van der Waals surface area contributed by atoms with Crippen LogP contribution < -0.4 is 11.1 Å². The molecule has 0 saturated heterocycles. The Labute approximate surface area is 222 Å². The SMILES string of the molecule is NC(=NCc1ccc(-n2c3ccccc3c3cc4c(cc32)NC(c2ccccc2)C4)cc1)c1ccccc1. The monoisotopic (exact) mass is 492 g/mol. The Kier molecular flexibility index (Phi) is 5.44. The Hall–Kier alpha value is -4.83. The van der Waals surface area contributed by atoms with Crippen LogP contribution in [0.15, 0.2) is 126 Å². The number of benzene rings is 5. The third kappa shape index (κ3) is 3.91. The highest BCUT2D eigenvalue weighted by atomic mass is 15.0. The zero-order chi connectivity index (χ0) is 25.5. The molecule has 3 N–H and O–H groups in total. The van der Waals surface area contributed by atoms with E-state index >= 15 is 0 Å². The zero-order valence-electron chi connectivity index (χ0n) is 21.0. The summed E-state index contributed by atoms with van der Waals surface area (Å²) >= 11 is 0. The molecule has 5 aromatic carbocycles. The van der Waals surface area contributed by atoms with Crippen LogP contribution in [0.25, 0.3) is 27.5 Å². The number of anilines is 1. The van der Waals surface area contributed by atoms with Crippen LogP contribution in [0.4, 0.5) is 5.69 Å². The minimum Gasteiger partial charge on any atom is -0.383 e. The number of para-hydroxylation sites is 1. The highest BCUT2D eigenvalue weighted by molar-refractivity contribution is 6.10. The Bertz CT molecular complexity index is 1780. The van der Waals surface area contributed by atoms with Crippen molar-refractivity contribution in [3.8, 4) is 5.69 Å². The van der Waals surface area contributed by atoms with Crippen molar-refractivity contribution in [2.24, 2.45) is 10.7 Å². The van der Waals surface area contributed by atoms with Crippen molar-refractivity contribution in [2.45, 2.75) is 19.0 Å². The summed E-state index contributed by atoms with van der Waals surface area (Å²) < 4.78 is 2.37. The maximum Gasteiger partial charge on any atom is 0.125 e. The molecule has 1 aliphatic rings. The molecular weight excluding hydrogens is 464 g/mol. The van der Waals surface area contributed by atoms with Crippen LogP contribution in [0, 0.1) is 0 Å². The van der Waals surface area contributed by atoms with Crippen molar-refractivity contribution in [1.29, 1.82) is 0 Å². The van der Waals surface area contributed by atoms with E-state index in [2.05, 4.69) is 106 Å². The van der Waals surface area contributed by atoms with Gasteiger partial charge in [-0.1, -0.05) is 91.0 Å². The van der Waals surface area contributed by atoms with Gasteiger partial charge in [0.25, 0.3) is 0 Å². The van der Waals surface area contributed by atoms with Crippen molar-refractivity contribution >= 4 is 33.3 Å². The van der Waals surface area contributed by atoms with Crippen LogP contribution in [0.1, 0.15) is 28.3 Å². The summed E-state index contributed by atoms with van der Waals surface area (Å²) in [5.41, 5.74) is 15.8. The van der Waals surface area contributed by atoms with Crippen molar-refractivity contribution in [1.82, 2.24) is 4.57 Å². The molecule has 2 heterocycles. The maximum atomic E-state index is 6.21. The smallest absolute Gasteiger partial charge is 0.125 e. The van der Waals surface area contributed by atoms with Gasteiger partial charge in [0.2, 0.25) is 0 Å². The van der Waals surface area contributed by atoms with Crippen LogP contribution in [0.3, 0.4) is 0 Å². The first-order valence-corrected chi connectivity index (χ1v) is 13.1. The fourth-order valence-electron chi connectivity index (χ4n) is 5.61. The number of fused-ring (bicyclic) bond motifs is 4. The quantitative estimate of drug-likeness (QED) is 0.195. The van der Waals surface area contributed by atoms with Gasteiger partial charge in [0.1, 0.15) is 5.84 Å². The Morgan fingerprint density at radius 2 is 1.47 bits per heavy atom. The number of amidine groups is 1. The molecule has 1 unspecified atom stereocenters. The van der Waals surface area contributed by atoms with Gasteiger partial charge in [-0.05, 0) is 53.4 Å². The average molecular weight is 493 g/mol. The molecule has 0 amide bonds. The summed E-state index contributed by atoms with van der Waals surface area (Å²) in [6.07, 6.45) is 0.996. The van der Waals surface area contributed by atoms with E-state index in [-0.39, 0.29) is 0 Å². The number of aliphatic imine (C=N–C) groups is 1. The zero-order valence-corrected chi connectivity index (χ0v) is 21.0. The summed E-state index contributed by atoms with van der Waals surface area (Å²) in [6.45, 7) is 0.548. The van der Waals surface area contributed by atoms with Crippen LogP contribution in [0.2, 0.25) is 0 Å². The largest absolute Gasteiger partial charge is 0.383 e. The van der Waals surface area contributed by atoms with Crippen LogP contribution >= 0.6 is 0 Å². The summed E-state index contributed by atoms with van der Waals surface area (Å²) in [5.74, 6) is 0.562. The highest BCUT2D eigenvalue weighted by Gasteiger charge is 2.24. The minimum absolute atomic E-state index is 0.306. The molecule has 184 valence electrons. The first-order valence-electron chi connectivity index (χ1n) is 13.1. The third-order valence-corrected chi connectivity index (χ3v) is 7.55. The lowest BCUT2D eigenvalue weighted by atomic mass is 10.0. The van der Waals surface area contributed by atoms with Crippen LogP contribution in [-0.2, 0) is 13.0 Å². The second-order valence-corrected chi connectivity index (χ2v) is 9.92. The lowest BCUT2D eigenvalue weighted by Gasteiger charge is -2.12. The highest BCUT2D eigenvalue weighted by Crippen LogP contribution is 2.40. The maximum absolute atomic E-state index is 6.21. The standard InChI is InChI=1S/C34H28N4/c35-34(25-11-5-2-6-12-25)36-22-23-15-17-27(18-16-23)38-32-14-8-7-13-28(32)29-19-26-20-30(24-9-3-1-4-10-24)37-31(26)21-33(29)38/h1-19,21,30,37H,20,22H2,(H2,35,36). The molecule has 0 spiro atoms. The lowest BCUT2D eigenvalue weighted by Crippen LogP contribution is -2.13. The molecule has 6 aromatic rings. The van der Waals surface area contributed by atoms with E-state index in [0.29, 0.717) is 18.4 Å². The normalized spacial score (nSPS) is 15.1. The van der Waals surface area contributed by atoms with Gasteiger partial charge in [-0.2, -0.15) is 0 Å². The third-order valence-electron chi connectivity index (χ3n) is 7.55. The van der Waals surface area contributed by atoms with E-state index in [4.69, 9.17) is 5.73 Å². The van der Waals surface area contributed by atoms with E-state index in [1.165, 1.54) is 38.6 Å². The number of rotatable bonds is 5. The molecule has 1 aliphatic heterocycles. The Balaban J connectivity index is 1.25. The van der Waals surface area contributed by atoms with Crippen molar-refractivity contribution in [3.63, 3.8) is 0 Å². The van der Waals surface area contributed by atoms with Gasteiger partial charge in [-0.25, -0.2) is 0 Å². The molecule has 38 heavy (non-hydrogen) atoms. The van der Waals surface area contributed by atoms with Gasteiger partial charge >= 0.3 is 0 Å². The van der Waals surface area contributed by atoms with Gasteiger partial charge in [0.05, 0.1) is 23.6 Å². The average Bonchev–Trinajstić information content (AvgIpc) is 3.54. The molecule has 7 rings (SSSR count). The number of nitrogens with one attached hydrogen (secondary N) is 1.